The molecule has 0 aromatic rings. The van der Waals surface area contributed by atoms with Crippen molar-refractivity contribution in [2.24, 2.45) is 0 Å². The van der Waals surface area contributed by atoms with Crippen molar-refractivity contribution in [3.8, 4) is 0 Å². The molecule has 0 unspecified atom stereocenters. The molecule has 0 bridgehead atoms. The highest BCUT2D eigenvalue weighted by Crippen LogP contribution is 2.14. The summed E-state index contributed by atoms with van der Waals surface area (Å²) in [5, 5.41) is 0. The summed E-state index contributed by atoms with van der Waals surface area (Å²) >= 11 is 3.37. The van der Waals surface area contributed by atoms with Gasteiger partial charge in [-0.05, 0) is 12.8 Å². The van der Waals surface area contributed by atoms with E-state index in [-0.39, 0.29) is 0 Å². The molecule has 1 heterocycles. The molecule has 1 aliphatic heterocycles. The standard InChI is InChI=1S/C5H9BrN/c6-7-4-2-1-3-5-7/h4H,1-3,5H2. The molecule has 0 N–H and O–H groups in total. The van der Waals surface area contributed by atoms with E-state index in [9.17, 15) is 0 Å². The smallest absolute Gasteiger partial charge is 0.0370 e. The Morgan fingerprint density at radius 3 is 2.57 bits per heavy atom. The van der Waals surface area contributed by atoms with Gasteiger partial charge in [-0.1, -0.05) is 6.42 Å². The topological polar surface area (TPSA) is 3.24 Å². The van der Waals surface area contributed by atoms with Gasteiger partial charge in [-0.15, -0.1) is 0 Å². The molecule has 2 heteroatoms. The Labute approximate surface area is 53.0 Å². The number of hydrogen-bond donors (Lipinski definition) is 0. The van der Waals surface area contributed by atoms with Gasteiger partial charge < -0.3 is 0 Å². The molecule has 0 saturated carbocycles. The Hall–Kier alpha value is 0.440. The van der Waals surface area contributed by atoms with Crippen molar-refractivity contribution < 1.29 is 0 Å². The highest BCUT2D eigenvalue weighted by molar-refractivity contribution is 9.07. The van der Waals surface area contributed by atoms with Gasteiger partial charge in [0, 0.05) is 29.2 Å². The zero-order valence-electron chi connectivity index (χ0n) is 4.23. The monoisotopic (exact) mass is 162 g/mol. The minimum Gasteiger partial charge on any atom is -0.238 e. The zero-order chi connectivity index (χ0) is 5.11. The Morgan fingerprint density at radius 2 is 2.29 bits per heavy atom. The average molecular weight is 163 g/mol. The maximum absolute atomic E-state index is 3.37. The predicted molar refractivity (Wildman–Crippen MR) is 33.8 cm³/mol. The molecule has 41 valence electrons. The second-order valence-corrected chi connectivity index (χ2v) is 2.71. The molecule has 0 aromatic heterocycles. The van der Waals surface area contributed by atoms with Crippen molar-refractivity contribution in [3.05, 3.63) is 6.54 Å². The first-order valence-corrected chi connectivity index (χ1v) is 3.36. The lowest BCUT2D eigenvalue weighted by atomic mass is 10.2. The van der Waals surface area contributed by atoms with Crippen LogP contribution in [0.3, 0.4) is 0 Å². The molecule has 1 saturated heterocycles. The van der Waals surface area contributed by atoms with E-state index in [0.29, 0.717) is 0 Å². The van der Waals surface area contributed by atoms with Crippen LogP contribution < -0.4 is 0 Å². The summed E-state index contributed by atoms with van der Waals surface area (Å²) in [6, 6.07) is 0. The molecular weight excluding hydrogens is 154 g/mol. The fourth-order valence-corrected chi connectivity index (χ4v) is 1.19. The summed E-state index contributed by atoms with van der Waals surface area (Å²) in [7, 11) is 0. The van der Waals surface area contributed by atoms with Crippen LogP contribution >= 0.6 is 16.1 Å². The van der Waals surface area contributed by atoms with E-state index < -0.39 is 0 Å². The second kappa shape index (κ2) is 2.68. The third kappa shape index (κ3) is 1.78. The Balaban J connectivity index is 2.12. The fraction of sp³-hybridized carbons (Fsp3) is 0.800. The number of hydrogen-bond acceptors (Lipinski definition) is 1. The first kappa shape index (κ1) is 5.57. The van der Waals surface area contributed by atoms with E-state index in [1.54, 1.807) is 0 Å². The van der Waals surface area contributed by atoms with Gasteiger partial charge in [0.15, 0.2) is 0 Å². The highest BCUT2D eigenvalue weighted by atomic mass is 79.9. The molecule has 0 atom stereocenters. The van der Waals surface area contributed by atoms with Gasteiger partial charge in [0.2, 0.25) is 0 Å². The minimum absolute atomic E-state index is 1.18. The molecule has 0 aliphatic carbocycles. The maximum Gasteiger partial charge on any atom is 0.0370 e. The molecule has 1 fully saturated rings. The molecular formula is C5H9BrN. The third-order valence-electron chi connectivity index (χ3n) is 1.15. The summed E-state index contributed by atoms with van der Waals surface area (Å²) in [4.78, 5) is 0. The van der Waals surface area contributed by atoms with Crippen LogP contribution in [0.15, 0.2) is 0 Å². The van der Waals surface area contributed by atoms with Gasteiger partial charge in [0.25, 0.3) is 0 Å². The molecule has 1 nitrogen and oxygen atoms in total. The quantitative estimate of drug-likeness (QED) is 0.493. The lowest BCUT2D eigenvalue weighted by Crippen LogP contribution is -2.13. The predicted octanol–water partition coefficient (Wildman–Crippen LogP) is 1.94. The minimum atomic E-state index is 1.18. The van der Waals surface area contributed by atoms with Crippen LogP contribution in [-0.2, 0) is 0 Å². The van der Waals surface area contributed by atoms with Gasteiger partial charge in [-0.25, -0.2) is 3.93 Å². The second-order valence-electron chi connectivity index (χ2n) is 1.80. The lowest BCUT2D eigenvalue weighted by molar-refractivity contribution is 0.456. The van der Waals surface area contributed by atoms with Gasteiger partial charge >= 0.3 is 0 Å². The normalized spacial score (nSPS) is 25.3. The summed E-state index contributed by atoms with van der Waals surface area (Å²) in [6.07, 6.45) is 3.94. The van der Waals surface area contributed by atoms with E-state index in [0.717, 1.165) is 0 Å². The molecule has 1 aliphatic rings. The first-order chi connectivity index (χ1) is 3.39. The van der Waals surface area contributed by atoms with E-state index in [4.69, 9.17) is 0 Å². The van der Waals surface area contributed by atoms with Gasteiger partial charge in [-0.2, -0.15) is 0 Å². The molecule has 1 rings (SSSR count). The average Bonchev–Trinajstić information content (AvgIpc) is 1.69. The van der Waals surface area contributed by atoms with E-state index in [1.165, 1.54) is 25.8 Å². The summed E-state index contributed by atoms with van der Waals surface area (Å²) in [5.74, 6) is 0. The van der Waals surface area contributed by atoms with Crippen molar-refractivity contribution in [1.82, 2.24) is 3.93 Å². The van der Waals surface area contributed by atoms with Crippen LogP contribution in [0, 0.1) is 6.54 Å². The Kier molecular flexibility index (Phi) is 2.13. The summed E-state index contributed by atoms with van der Waals surface area (Å²) in [6.45, 7) is 3.36. The first-order valence-electron chi connectivity index (χ1n) is 2.65. The van der Waals surface area contributed by atoms with Crippen LogP contribution in [0.4, 0.5) is 0 Å². The Bertz CT molecular complexity index is 50.0. The molecule has 0 aromatic carbocycles. The number of rotatable bonds is 0. The van der Waals surface area contributed by atoms with Crippen LogP contribution in [0.5, 0.6) is 0 Å². The number of halogens is 1. The van der Waals surface area contributed by atoms with Crippen molar-refractivity contribution in [3.63, 3.8) is 0 Å². The number of nitrogens with zero attached hydrogens (tertiary/aromatic N) is 1. The van der Waals surface area contributed by atoms with Crippen molar-refractivity contribution in [2.45, 2.75) is 19.3 Å². The third-order valence-corrected chi connectivity index (χ3v) is 1.80. The number of piperidine rings is 1. The van der Waals surface area contributed by atoms with Gasteiger partial charge in [0.1, 0.15) is 0 Å². The summed E-state index contributed by atoms with van der Waals surface area (Å²) in [5.41, 5.74) is 0. The maximum atomic E-state index is 3.37. The van der Waals surface area contributed by atoms with Crippen LogP contribution in [-0.4, -0.2) is 10.5 Å². The summed E-state index contributed by atoms with van der Waals surface area (Å²) < 4.78 is 2.08. The zero-order valence-corrected chi connectivity index (χ0v) is 5.82. The van der Waals surface area contributed by atoms with Gasteiger partial charge in [0.05, 0.1) is 0 Å². The molecule has 7 heavy (non-hydrogen) atoms. The van der Waals surface area contributed by atoms with Crippen molar-refractivity contribution in [1.29, 1.82) is 0 Å². The SMILES string of the molecule is BrN1[CH]CCCC1. The van der Waals surface area contributed by atoms with Gasteiger partial charge in [-0.3, -0.25) is 0 Å². The van der Waals surface area contributed by atoms with Crippen molar-refractivity contribution >= 4 is 16.1 Å². The van der Waals surface area contributed by atoms with Crippen molar-refractivity contribution in [2.75, 3.05) is 6.54 Å². The molecule has 1 radical (unpaired) electrons. The van der Waals surface area contributed by atoms with E-state index in [1.807, 2.05) is 0 Å². The fourth-order valence-electron chi connectivity index (χ4n) is 0.730. The molecule has 0 amide bonds. The highest BCUT2D eigenvalue weighted by Gasteiger charge is 2.04. The van der Waals surface area contributed by atoms with Crippen LogP contribution in [0.1, 0.15) is 19.3 Å². The van der Waals surface area contributed by atoms with Crippen LogP contribution in [0.25, 0.3) is 0 Å². The van der Waals surface area contributed by atoms with Crippen LogP contribution in [0.2, 0.25) is 0 Å². The Morgan fingerprint density at radius 1 is 1.43 bits per heavy atom. The lowest BCUT2D eigenvalue weighted by Gasteiger charge is -2.17. The largest absolute Gasteiger partial charge is 0.238 e. The molecule has 0 spiro atoms. The van der Waals surface area contributed by atoms with E-state index in [2.05, 4.69) is 26.6 Å². The van der Waals surface area contributed by atoms with E-state index >= 15 is 0 Å².